The van der Waals surface area contributed by atoms with Crippen LogP contribution in [0.4, 0.5) is 0 Å². The molecule has 0 spiro atoms. The quantitative estimate of drug-likeness (QED) is 0.612. The van der Waals surface area contributed by atoms with E-state index < -0.39 is 15.9 Å². The van der Waals surface area contributed by atoms with Gasteiger partial charge in [0.2, 0.25) is 5.75 Å². The van der Waals surface area contributed by atoms with Gasteiger partial charge in [-0.1, -0.05) is 0 Å². The van der Waals surface area contributed by atoms with Gasteiger partial charge in [-0.25, -0.2) is 8.42 Å². The molecule has 0 aliphatic carbocycles. The maximum absolute atomic E-state index is 13.4. The maximum Gasteiger partial charge on any atom is 0.254 e. The van der Waals surface area contributed by atoms with E-state index in [0.29, 0.717) is 35.0 Å². The molecule has 1 fully saturated rings. The van der Waals surface area contributed by atoms with Crippen LogP contribution in [0.15, 0.2) is 36.4 Å². The number of rotatable bonds is 8. The number of hydrogen-bond donors (Lipinski definition) is 0. The van der Waals surface area contributed by atoms with Crippen molar-refractivity contribution < 1.29 is 32.2 Å². The minimum absolute atomic E-state index is 0.0562. The van der Waals surface area contributed by atoms with Gasteiger partial charge in [-0.2, -0.15) is 0 Å². The first-order valence-corrected chi connectivity index (χ1v) is 11.6. The number of sulfone groups is 1. The highest BCUT2D eigenvalue weighted by Gasteiger charge is 2.35. The van der Waals surface area contributed by atoms with Crippen LogP contribution < -0.4 is 18.9 Å². The summed E-state index contributed by atoms with van der Waals surface area (Å²) in [6.07, 6.45) is 0.397. The van der Waals surface area contributed by atoms with E-state index in [0.717, 1.165) is 5.56 Å². The van der Waals surface area contributed by atoms with Crippen LogP contribution in [-0.4, -0.2) is 65.2 Å². The number of hydrogen-bond acceptors (Lipinski definition) is 7. The lowest BCUT2D eigenvalue weighted by Crippen LogP contribution is -2.40. The van der Waals surface area contributed by atoms with E-state index in [9.17, 15) is 13.2 Å². The number of nitrogens with zero attached hydrogens (tertiary/aromatic N) is 1. The minimum atomic E-state index is -3.18. The largest absolute Gasteiger partial charge is 0.497 e. The summed E-state index contributed by atoms with van der Waals surface area (Å²) in [6, 6.07) is 9.86. The lowest BCUT2D eigenvalue weighted by Gasteiger charge is -2.29. The van der Waals surface area contributed by atoms with Crippen molar-refractivity contribution in [3.05, 3.63) is 47.5 Å². The van der Waals surface area contributed by atoms with Crippen LogP contribution >= 0.6 is 0 Å². The Labute approximate surface area is 182 Å². The van der Waals surface area contributed by atoms with Crippen molar-refractivity contribution >= 4 is 15.7 Å². The number of carbonyl (C=O) groups excluding carboxylic acids is 1. The van der Waals surface area contributed by atoms with E-state index in [1.54, 1.807) is 48.4 Å². The monoisotopic (exact) mass is 449 g/mol. The summed E-state index contributed by atoms with van der Waals surface area (Å²) >= 11 is 0. The fraction of sp³-hybridized carbons (Fsp3) is 0.409. The molecule has 0 bridgehead atoms. The Morgan fingerprint density at radius 3 is 2.03 bits per heavy atom. The van der Waals surface area contributed by atoms with Crippen LogP contribution in [0.3, 0.4) is 0 Å². The Kier molecular flexibility index (Phi) is 6.94. The van der Waals surface area contributed by atoms with Crippen molar-refractivity contribution in [3.8, 4) is 23.0 Å². The van der Waals surface area contributed by atoms with Gasteiger partial charge in [0.05, 0.1) is 39.9 Å². The van der Waals surface area contributed by atoms with Gasteiger partial charge < -0.3 is 23.8 Å². The van der Waals surface area contributed by atoms with Gasteiger partial charge in [0.1, 0.15) is 5.75 Å². The molecule has 3 rings (SSSR count). The summed E-state index contributed by atoms with van der Waals surface area (Å²) in [5.41, 5.74) is 1.19. The molecule has 1 unspecified atom stereocenters. The molecule has 168 valence electrons. The SMILES string of the molecule is COc1ccc(C(=O)N(Cc2cc(OC)c(OC)c(OC)c2)C2CCS(=O)(=O)C2)cc1. The van der Waals surface area contributed by atoms with Crippen molar-refractivity contribution in [2.45, 2.75) is 19.0 Å². The number of benzene rings is 2. The molecular formula is C22H27NO7S. The summed E-state index contributed by atoms with van der Waals surface area (Å²) in [6.45, 7) is 0.196. The zero-order chi connectivity index (χ0) is 22.6. The smallest absolute Gasteiger partial charge is 0.254 e. The van der Waals surface area contributed by atoms with Gasteiger partial charge >= 0.3 is 0 Å². The van der Waals surface area contributed by atoms with Crippen LogP contribution in [0, 0.1) is 0 Å². The molecule has 0 N–H and O–H groups in total. The summed E-state index contributed by atoms with van der Waals surface area (Å²) < 4.78 is 45.6. The normalized spacial score (nSPS) is 17.1. The Bertz CT molecular complexity index is 1010. The molecule has 31 heavy (non-hydrogen) atoms. The van der Waals surface area contributed by atoms with Crippen LogP contribution in [0.5, 0.6) is 23.0 Å². The third-order valence-corrected chi connectivity index (χ3v) is 7.07. The summed E-state index contributed by atoms with van der Waals surface area (Å²) in [4.78, 5) is 15.0. The second-order valence-corrected chi connectivity index (χ2v) is 9.48. The van der Waals surface area contributed by atoms with Crippen molar-refractivity contribution in [1.29, 1.82) is 0 Å². The van der Waals surface area contributed by atoms with Crippen LogP contribution in [-0.2, 0) is 16.4 Å². The van der Waals surface area contributed by atoms with Gasteiger partial charge in [-0.3, -0.25) is 4.79 Å². The molecule has 1 atom stereocenters. The van der Waals surface area contributed by atoms with E-state index >= 15 is 0 Å². The van der Waals surface area contributed by atoms with Crippen molar-refractivity contribution in [2.24, 2.45) is 0 Å². The van der Waals surface area contributed by atoms with Crippen molar-refractivity contribution in [1.82, 2.24) is 4.90 Å². The summed E-state index contributed by atoms with van der Waals surface area (Å²) in [5.74, 6) is 1.78. The van der Waals surface area contributed by atoms with E-state index in [1.165, 1.54) is 21.3 Å². The minimum Gasteiger partial charge on any atom is -0.497 e. The number of methoxy groups -OCH3 is 4. The Balaban J connectivity index is 1.98. The third-order valence-electron chi connectivity index (χ3n) is 5.32. The first-order chi connectivity index (χ1) is 14.8. The van der Waals surface area contributed by atoms with Gasteiger partial charge in [0.25, 0.3) is 5.91 Å². The first kappa shape index (κ1) is 22.7. The van der Waals surface area contributed by atoms with Gasteiger partial charge in [-0.05, 0) is 48.4 Å². The van der Waals surface area contributed by atoms with Gasteiger partial charge in [0, 0.05) is 18.2 Å². The second-order valence-electron chi connectivity index (χ2n) is 7.25. The molecule has 0 saturated carbocycles. The summed E-state index contributed by atoms with van der Waals surface area (Å²) in [7, 11) is 2.93. The van der Waals surface area contributed by atoms with Crippen LogP contribution in [0.1, 0.15) is 22.3 Å². The van der Waals surface area contributed by atoms with E-state index in [-0.39, 0.29) is 24.0 Å². The van der Waals surface area contributed by atoms with Gasteiger partial charge in [0.15, 0.2) is 21.3 Å². The molecular weight excluding hydrogens is 422 g/mol. The lowest BCUT2D eigenvalue weighted by molar-refractivity contribution is 0.0680. The van der Waals surface area contributed by atoms with E-state index in [2.05, 4.69) is 0 Å². The van der Waals surface area contributed by atoms with Crippen molar-refractivity contribution in [3.63, 3.8) is 0 Å². The van der Waals surface area contributed by atoms with Crippen LogP contribution in [0.25, 0.3) is 0 Å². The predicted octanol–water partition coefficient (Wildman–Crippen LogP) is 2.55. The molecule has 1 saturated heterocycles. The standard InChI is InChI=1S/C22H27NO7S/c1-27-18-7-5-16(6-8-18)22(24)23(17-9-10-31(25,26)14-17)13-15-11-19(28-2)21(30-4)20(12-15)29-3/h5-8,11-12,17H,9-10,13-14H2,1-4H3. The fourth-order valence-electron chi connectivity index (χ4n) is 3.71. The molecule has 1 aliphatic heterocycles. The fourth-order valence-corrected chi connectivity index (χ4v) is 5.44. The number of carbonyl (C=O) groups is 1. The average molecular weight is 450 g/mol. The maximum atomic E-state index is 13.4. The molecule has 2 aromatic rings. The molecule has 1 heterocycles. The third kappa shape index (κ3) is 5.04. The molecule has 8 nitrogen and oxygen atoms in total. The molecule has 0 aromatic heterocycles. The highest BCUT2D eigenvalue weighted by atomic mass is 32.2. The molecule has 1 aliphatic rings. The second kappa shape index (κ2) is 9.47. The predicted molar refractivity (Wildman–Crippen MR) is 116 cm³/mol. The lowest BCUT2D eigenvalue weighted by atomic mass is 10.1. The van der Waals surface area contributed by atoms with Crippen molar-refractivity contribution in [2.75, 3.05) is 39.9 Å². The molecule has 2 aromatic carbocycles. The molecule has 9 heteroatoms. The van der Waals surface area contributed by atoms with Crippen LogP contribution in [0.2, 0.25) is 0 Å². The Hall–Kier alpha value is -2.94. The molecule has 0 radical (unpaired) electrons. The summed E-state index contributed by atoms with van der Waals surface area (Å²) in [5, 5.41) is 0. The average Bonchev–Trinajstić information content (AvgIpc) is 3.15. The van der Waals surface area contributed by atoms with E-state index in [1.807, 2.05) is 0 Å². The molecule has 1 amide bonds. The zero-order valence-electron chi connectivity index (χ0n) is 18.1. The topological polar surface area (TPSA) is 91.4 Å². The number of amides is 1. The highest BCUT2D eigenvalue weighted by Crippen LogP contribution is 2.39. The number of ether oxygens (including phenoxy) is 4. The van der Waals surface area contributed by atoms with Gasteiger partial charge in [-0.15, -0.1) is 0 Å². The zero-order valence-corrected chi connectivity index (χ0v) is 18.9. The van der Waals surface area contributed by atoms with E-state index in [4.69, 9.17) is 18.9 Å². The first-order valence-electron chi connectivity index (χ1n) is 9.76. The Morgan fingerprint density at radius 1 is 0.968 bits per heavy atom. The highest BCUT2D eigenvalue weighted by molar-refractivity contribution is 7.91. The Morgan fingerprint density at radius 2 is 1.58 bits per heavy atom.